The van der Waals surface area contributed by atoms with Crippen molar-refractivity contribution in [2.24, 2.45) is 0 Å². The fourth-order valence-electron chi connectivity index (χ4n) is 0.946. The Morgan fingerprint density at radius 3 is 2.75 bits per heavy atom. The average molecular weight is 162 g/mol. The van der Waals surface area contributed by atoms with Crippen LogP contribution in [0.4, 0.5) is 0 Å². The van der Waals surface area contributed by atoms with Gasteiger partial charge in [0.15, 0.2) is 0 Å². The van der Waals surface area contributed by atoms with Crippen molar-refractivity contribution < 1.29 is 4.79 Å². The van der Waals surface area contributed by atoms with Crippen molar-refractivity contribution in [3.05, 3.63) is 35.9 Å². The summed E-state index contributed by atoms with van der Waals surface area (Å²) in [5.41, 5.74) is 1.24. The zero-order valence-corrected chi connectivity index (χ0v) is 7.16. The number of likely N-dealkylation sites (N-methyl/N-ethyl adjacent to an activating group) is 1. The molecular formula is C10H12NO. The first-order valence-corrected chi connectivity index (χ1v) is 3.93. The summed E-state index contributed by atoms with van der Waals surface area (Å²) < 4.78 is 0. The molecule has 0 N–H and O–H groups in total. The van der Waals surface area contributed by atoms with Crippen molar-refractivity contribution in [2.75, 3.05) is 13.6 Å². The Morgan fingerprint density at radius 2 is 2.17 bits per heavy atom. The van der Waals surface area contributed by atoms with Crippen LogP contribution in [-0.4, -0.2) is 24.9 Å². The largest absolute Gasteiger partial charge is 0.348 e. The van der Waals surface area contributed by atoms with Crippen molar-refractivity contribution in [1.29, 1.82) is 0 Å². The molecule has 0 heterocycles. The molecule has 1 amide bonds. The monoisotopic (exact) mass is 162 g/mol. The van der Waals surface area contributed by atoms with Gasteiger partial charge in [0.05, 0.1) is 0 Å². The second-order valence-electron chi connectivity index (χ2n) is 2.74. The van der Waals surface area contributed by atoms with Gasteiger partial charge in [0.1, 0.15) is 0 Å². The van der Waals surface area contributed by atoms with Gasteiger partial charge in [-0.3, -0.25) is 4.79 Å². The molecule has 0 bridgehead atoms. The molecule has 0 aliphatic carbocycles. The average Bonchev–Trinajstić information content (AvgIpc) is 2.16. The normalized spacial score (nSPS) is 9.42. The van der Waals surface area contributed by atoms with Crippen LogP contribution in [0, 0.1) is 6.07 Å². The molecule has 0 fully saturated rings. The molecule has 0 aliphatic rings. The molecule has 2 heteroatoms. The molecule has 0 spiro atoms. The molecule has 0 aromatic heterocycles. The maximum atomic E-state index is 10.2. The van der Waals surface area contributed by atoms with Crippen LogP contribution in [0.25, 0.3) is 0 Å². The zero-order valence-electron chi connectivity index (χ0n) is 7.16. The van der Waals surface area contributed by atoms with E-state index in [1.54, 1.807) is 11.9 Å². The number of benzene rings is 1. The minimum absolute atomic E-state index is 0.771. The molecule has 0 atom stereocenters. The van der Waals surface area contributed by atoms with Gasteiger partial charge < -0.3 is 4.90 Å². The van der Waals surface area contributed by atoms with Gasteiger partial charge in [0, 0.05) is 13.6 Å². The number of hydrogen-bond acceptors (Lipinski definition) is 1. The second-order valence-corrected chi connectivity index (χ2v) is 2.74. The van der Waals surface area contributed by atoms with Crippen LogP contribution in [0.3, 0.4) is 0 Å². The van der Waals surface area contributed by atoms with Gasteiger partial charge in [0.25, 0.3) is 0 Å². The molecular weight excluding hydrogens is 150 g/mol. The molecule has 0 aliphatic heterocycles. The predicted molar refractivity (Wildman–Crippen MR) is 47.7 cm³/mol. The van der Waals surface area contributed by atoms with Crippen LogP contribution in [0.15, 0.2) is 24.3 Å². The summed E-state index contributed by atoms with van der Waals surface area (Å²) in [6.45, 7) is 0.771. The molecule has 1 rings (SSSR count). The van der Waals surface area contributed by atoms with Gasteiger partial charge in [-0.25, -0.2) is 0 Å². The van der Waals surface area contributed by atoms with E-state index in [0.29, 0.717) is 0 Å². The zero-order chi connectivity index (χ0) is 8.81. The third-order valence-corrected chi connectivity index (χ3v) is 1.72. The molecule has 12 heavy (non-hydrogen) atoms. The highest BCUT2D eigenvalue weighted by Crippen LogP contribution is 1.98. The first kappa shape index (κ1) is 8.78. The Bertz CT molecular complexity index is 233. The molecule has 0 saturated heterocycles. The highest BCUT2D eigenvalue weighted by atomic mass is 16.1. The quantitative estimate of drug-likeness (QED) is 0.607. The van der Waals surface area contributed by atoms with Crippen molar-refractivity contribution in [3.8, 4) is 0 Å². The van der Waals surface area contributed by atoms with E-state index in [0.717, 1.165) is 19.4 Å². The minimum Gasteiger partial charge on any atom is -0.348 e. The van der Waals surface area contributed by atoms with Crippen molar-refractivity contribution in [3.63, 3.8) is 0 Å². The smallest absolute Gasteiger partial charge is 0.209 e. The van der Waals surface area contributed by atoms with Gasteiger partial charge in [-0.2, -0.15) is 0 Å². The van der Waals surface area contributed by atoms with E-state index < -0.39 is 0 Å². The topological polar surface area (TPSA) is 20.3 Å². The molecule has 63 valence electrons. The summed E-state index contributed by atoms with van der Waals surface area (Å²) in [5.74, 6) is 0. The molecule has 2 nitrogen and oxygen atoms in total. The molecule has 0 unspecified atom stereocenters. The fraction of sp³-hybridized carbons (Fsp3) is 0.300. The van der Waals surface area contributed by atoms with Crippen LogP contribution >= 0.6 is 0 Å². The molecule has 1 radical (unpaired) electrons. The maximum absolute atomic E-state index is 10.2. The van der Waals surface area contributed by atoms with Gasteiger partial charge in [-0.1, -0.05) is 24.3 Å². The summed E-state index contributed by atoms with van der Waals surface area (Å²) in [6, 6.07) is 10.7. The lowest BCUT2D eigenvalue weighted by Gasteiger charge is -2.09. The van der Waals surface area contributed by atoms with Crippen LogP contribution in [0.5, 0.6) is 0 Å². The summed E-state index contributed by atoms with van der Waals surface area (Å²) >= 11 is 0. The fourth-order valence-corrected chi connectivity index (χ4v) is 0.946. The van der Waals surface area contributed by atoms with Gasteiger partial charge in [-0.05, 0) is 18.1 Å². The third-order valence-electron chi connectivity index (χ3n) is 1.72. The summed E-state index contributed by atoms with van der Waals surface area (Å²) in [6.07, 6.45) is 1.75. The summed E-state index contributed by atoms with van der Waals surface area (Å²) in [4.78, 5) is 11.9. The SMILES string of the molecule is CN(C=O)CCc1cc[c]cc1. The van der Waals surface area contributed by atoms with E-state index in [9.17, 15) is 4.79 Å². The van der Waals surface area contributed by atoms with E-state index >= 15 is 0 Å². The number of rotatable bonds is 4. The number of nitrogens with zero attached hydrogens (tertiary/aromatic N) is 1. The van der Waals surface area contributed by atoms with Crippen LogP contribution < -0.4 is 0 Å². The van der Waals surface area contributed by atoms with Crippen LogP contribution in [0.2, 0.25) is 0 Å². The summed E-state index contributed by atoms with van der Waals surface area (Å²) in [7, 11) is 1.78. The Kier molecular flexibility index (Phi) is 3.33. The Hall–Kier alpha value is -1.31. The van der Waals surface area contributed by atoms with Crippen molar-refractivity contribution in [1.82, 2.24) is 4.90 Å². The van der Waals surface area contributed by atoms with E-state index in [2.05, 4.69) is 6.07 Å². The number of carbonyl (C=O) groups is 1. The van der Waals surface area contributed by atoms with E-state index in [1.807, 2.05) is 24.3 Å². The molecule has 1 aromatic rings. The van der Waals surface area contributed by atoms with Gasteiger partial charge in [0.2, 0.25) is 6.41 Å². The highest BCUT2D eigenvalue weighted by Gasteiger charge is 1.94. The molecule has 0 saturated carbocycles. The first-order chi connectivity index (χ1) is 5.83. The van der Waals surface area contributed by atoms with E-state index in [1.165, 1.54) is 5.56 Å². The standard InChI is InChI=1S/C10H12NO/c1-11(9-12)8-7-10-5-3-2-4-6-10/h3-6,9H,7-8H2,1H3. The van der Waals surface area contributed by atoms with E-state index in [-0.39, 0.29) is 0 Å². The maximum Gasteiger partial charge on any atom is 0.209 e. The lowest BCUT2D eigenvalue weighted by atomic mass is 10.1. The van der Waals surface area contributed by atoms with Gasteiger partial charge in [-0.15, -0.1) is 0 Å². The van der Waals surface area contributed by atoms with Crippen LogP contribution in [0.1, 0.15) is 5.56 Å². The summed E-state index contributed by atoms with van der Waals surface area (Å²) in [5, 5.41) is 0. The Balaban J connectivity index is 2.38. The van der Waals surface area contributed by atoms with Gasteiger partial charge >= 0.3 is 0 Å². The Morgan fingerprint density at radius 1 is 1.50 bits per heavy atom. The highest BCUT2D eigenvalue weighted by molar-refractivity contribution is 5.46. The second kappa shape index (κ2) is 4.54. The Labute approximate surface area is 72.8 Å². The number of hydrogen-bond donors (Lipinski definition) is 0. The third kappa shape index (κ3) is 2.74. The number of amides is 1. The van der Waals surface area contributed by atoms with Crippen molar-refractivity contribution in [2.45, 2.75) is 6.42 Å². The lowest BCUT2D eigenvalue weighted by Crippen LogP contribution is -2.18. The minimum atomic E-state index is 0.771. The first-order valence-electron chi connectivity index (χ1n) is 3.93. The van der Waals surface area contributed by atoms with E-state index in [4.69, 9.17) is 0 Å². The van der Waals surface area contributed by atoms with Crippen LogP contribution in [-0.2, 0) is 11.2 Å². The predicted octanol–water partition coefficient (Wildman–Crippen LogP) is 1.12. The number of carbonyl (C=O) groups excluding carboxylic acids is 1. The molecule has 1 aromatic carbocycles. The van der Waals surface area contributed by atoms with Crippen molar-refractivity contribution >= 4 is 6.41 Å². The lowest BCUT2D eigenvalue weighted by molar-refractivity contribution is -0.116.